The highest BCUT2D eigenvalue weighted by atomic mass is 127. The second-order valence-corrected chi connectivity index (χ2v) is 7.29. The zero-order chi connectivity index (χ0) is 9.54. The van der Waals surface area contributed by atoms with Gasteiger partial charge in [-0.05, 0) is 53.7 Å². The Hall–Kier alpha value is 0.320. The third-order valence-electron chi connectivity index (χ3n) is 3.38. The Kier molecular flexibility index (Phi) is 2.53. The maximum Gasteiger partial charge on any atom is 0.107 e. The Morgan fingerprint density at radius 3 is 3.07 bits per heavy atom. The van der Waals surface area contributed by atoms with Crippen LogP contribution in [0.2, 0.25) is 0 Å². The van der Waals surface area contributed by atoms with Crippen LogP contribution in [0.4, 0.5) is 0 Å². The first-order chi connectivity index (χ1) is 6.83. The van der Waals surface area contributed by atoms with E-state index < -0.39 is 0 Å². The third-order valence-corrected chi connectivity index (χ3v) is 5.11. The molecule has 0 spiro atoms. The van der Waals surface area contributed by atoms with Gasteiger partial charge < -0.3 is 5.32 Å². The van der Waals surface area contributed by atoms with Crippen LogP contribution in [0.25, 0.3) is 0 Å². The van der Waals surface area contributed by atoms with E-state index in [0.29, 0.717) is 0 Å². The molecular formula is C10H13IN2S. The van der Waals surface area contributed by atoms with Crippen LogP contribution in [0.5, 0.6) is 0 Å². The molecule has 0 radical (unpaired) electrons. The van der Waals surface area contributed by atoms with Gasteiger partial charge in [-0.1, -0.05) is 0 Å². The second kappa shape index (κ2) is 3.72. The summed E-state index contributed by atoms with van der Waals surface area (Å²) in [5, 5.41) is 4.88. The number of nitrogens with zero attached hydrogens (tertiary/aromatic N) is 1. The molecule has 2 aliphatic rings. The van der Waals surface area contributed by atoms with Gasteiger partial charge in [0.1, 0.15) is 5.01 Å². The molecule has 0 amide bonds. The molecule has 1 N–H and O–H groups in total. The molecule has 0 aliphatic heterocycles. The summed E-state index contributed by atoms with van der Waals surface area (Å²) >= 11 is 4.13. The minimum atomic E-state index is 0.793. The van der Waals surface area contributed by atoms with Crippen molar-refractivity contribution in [2.45, 2.75) is 31.8 Å². The molecule has 1 aromatic heterocycles. The highest BCUT2D eigenvalue weighted by Gasteiger charge is 2.47. The van der Waals surface area contributed by atoms with Crippen molar-refractivity contribution in [2.24, 2.45) is 11.8 Å². The number of rotatable bonds is 3. The fraction of sp³-hybridized carbons (Fsp3) is 0.700. The molecule has 2 saturated carbocycles. The van der Waals surface area contributed by atoms with Crippen LogP contribution in [0, 0.1) is 14.7 Å². The zero-order valence-corrected chi connectivity index (χ0v) is 10.8. The molecule has 3 rings (SSSR count). The first kappa shape index (κ1) is 9.54. The quantitative estimate of drug-likeness (QED) is 0.866. The highest BCUT2D eigenvalue weighted by molar-refractivity contribution is 14.1. The van der Waals surface area contributed by atoms with E-state index in [4.69, 9.17) is 0 Å². The average molecular weight is 320 g/mol. The Labute approximate surface area is 102 Å². The van der Waals surface area contributed by atoms with Crippen LogP contribution in [-0.4, -0.2) is 11.0 Å². The summed E-state index contributed by atoms with van der Waals surface area (Å²) in [4.78, 5) is 4.36. The first-order valence-electron chi connectivity index (χ1n) is 5.16. The van der Waals surface area contributed by atoms with Gasteiger partial charge >= 0.3 is 0 Å². The van der Waals surface area contributed by atoms with Crippen molar-refractivity contribution in [3.63, 3.8) is 0 Å². The lowest BCUT2D eigenvalue weighted by atomic mass is 10.2. The number of hydrogen-bond donors (Lipinski definition) is 1. The normalized spacial score (nSPS) is 34.5. The Morgan fingerprint density at radius 2 is 2.50 bits per heavy atom. The van der Waals surface area contributed by atoms with Crippen LogP contribution in [0.15, 0.2) is 6.20 Å². The molecule has 0 aromatic carbocycles. The van der Waals surface area contributed by atoms with E-state index in [-0.39, 0.29) is 0 Å². The Bertz CT molecular complexity index is 339. The Morgan fingerprint density at radius 1 is 1.57 bits per heavy atom. The van der Waals surface area contributed by atoms with Crippen LogP contribution < -0.4 is 5.32 Å². The standard InChI is InChI=1S/C10H13IN2S/c11-9-4-13-10(14-9)5-12-8-2-1-6-3-7(6)8/h4,6-8,12H,1-3,5H2. The van der Waals surface area contributed by atoms with Gasteiger partial charge in [-0.2, -0.15) is 0 Å². The van der Waals surface area contributed by atoms with E-state index in [1.165, 1.54) is 27.2 Å². The second-order valence-electron chi connectivity index (χ2n) is 4.28. The van der Waals surface area contributed by atoms with Crippen molar-refractivity contribution in [3.05, 3.63) is 14.1 Å². The summed E-state index contributed by atoms with van der Waals surface area (Å²) in [5.74, 6) is 2.08. The first-order valence-corrected chi connectivity index (χ1v) is 7.06. The number of halogens is 1. The predicted octanol–water partition coefficient (Wildman–Crippen LogP) is 2.64. The van der Waals surface area contributed by atoms with Crippen molar-refractivity contribution in [2.75, 3.05) is 0 Å². The van der Waals surface area contributed by atoms with E-state index in [9.17, 15) is 0 Å². The van der Waals surface area contributed by atoms with Gasteiger partial charge in [-0.15, -0.1) is 11.3 Å². The SMILES string of the molecule is Ic1cnc(CNC2CCC3CC32)s1. The molecule has 3 unspecified atom stereocenters. The number of fused-ring (bicyclic) bond motifs is 1. The average Bonchev–Trinajstić information content (AvgIpc) is 2.66. The predicted molar refractivity (Wildman–Crippen MR) is 66.3 cm³/mol. The minimum Gasteiger partial charge on any atom is -0.307 e. The summed E-state index contributed by atoms with van der Waals surface area (Å²) in [6, 6.07) is 0.793. The van der Waals surface area contributed by atoms with Gasteiger partial charge in [0, 0.05) is 12.6 Å². The van der Waals surface area contributed by atoms with Gasteiger partial charge in [0.25, 0.3) is 0 Å². The molecule has 1 aromatic rings. The van der Waals surface area contributed by atoms with E-state index in [1.54, 1.807) is 11.3 Å². The zero-order valence-electron chi connectivity index (χ0n) is 7.87. The van der Waals surface area contributed by atoms with E-state index in [2.05, 4.69) is 32.9 Å². The monoisotopic (exact) mass is 320 g/mol. The topological polar surface area (TPSA) is 24.9 Å². The minimum absolute atomic E-state index is 0.793. The molecule has 2 aliphatic carbocycles. The highest BCUT2D eigenvalue weighted by Crippen LogP contribution is 2.51. The van der Waals surface area contributed by atoms with Crippen LogP contribution in [-0.2, 0) is 6.54 Å². The largest absolute Gasteiger partial charge is 0.307 e. The van der Waals surface area contributed by atoms with Crippen molar-refractivity contribution >= 4 is 33.9 Å². The van der Waals surface area contributed by atoms with Crippen LogP contribution in [0.1, 0.15) is 24.3 Å². The van der Waals surface area contributed by atoms with Gasteiger partial charge in [-0.3, -0.25) is 0 Å². The van der Waals surface area contributed by atoms with E-state index >= 15 is 0 Å². The molecular weight excluding hydrogens is 307 g/mol. The molecule has 4 heteroatoms. The lowest BCUT2D eigenvalue weighted by molar-refractivity contribution is 0.474. The Balaban J connectivity index is 1.54. The van der Waals surface area contributed by atoms with Gasteiger partial charge in [-0.25, -0.2) is 4.98 Å². The fourth-order valence-electron chi connectivity index (χ4n) is 2.55. The molecule has 0 saturated heterocycles. The summed E-state index contributed by atoms with van der Waals surface area (Å²) < 4.78 is 1.29. The fourth-order valence-corrected chi connectivity index (χ4v) is 4.04. The van der Waals surface area contributed by atoms with Crippen LogP contribution in [0.3, 0.4) is 0 Å². The lowest BCUT2D eigenvalue weighted by Crippen LogP contribution is -2.28. The number of hydrogen-bond acceptors (Lipinski definition) is 3. The summed E-state index contributed by atoms with van der Waals surface area (Å²) in [6.07, 6.45) is 6.28. The number of thiazole rings is 1. The number of nitrogens with one attached hydrogen (secondary N) is 1. The molecule has 14 heavy (non-hydrogen) atoms. The molecule has 2 fully saturated rings. The smallest absolute Gasteiger partial charge is 0.107 e. The summed E-state index contributed by atoms with van der Waals surface area (Å²) in [5.41, 5.74) is 0. The molecule has 0 bridgehead atoms. The lowest BCUT2D eigenvalue weighted by Gasteiger charge is -2.12. The summed E-state index contributed by atoms with van der Waals surface area (Å²) in [6.45, 7) is 0.974. The van der Waals surface area contributed by atoms with Gasteiger partial charge in [0.2, 0.25) is 0 Å². The van der Waals surface area contributed by atoms with Gasteiger partial charge in [0.05, 0.1) is 9.08 Å². The van der Waals surface area contributed by atoms with Crippen molar-refractivity contribution in [1.29, 1.82) is 0 Å². The summed E-state index contributed by atoms with van der Waals surface area (Å²) in [7, 11) is 0. The maximum atomic E-state index is 4.36. The van der Waals surface area contributed by atoms with Gasteiger partial charge in [0.15, 0.2) is 0 Å². The third kappa shape index (κ3) is 1.84. The molecule has 1 heterocycles. The van der Waals surface area contributed by atoms with Crippen molar-refractivity contribution in [3.8, 4) is 0 Å². The maximum absolute atomic E-state index is 4.36. The van der Waals surface area contributed by atoms with Crippen LogP contribution >= 0.6 is 33.9 Å². The van der Waals surface area contributed by atoms with E-state index in [0.717, 1.165) is 24.4 Å². The van der Waals surface area contributed by atoms with Crippen molar-refractivity contribution < 1.29 is 0 Å². The molecule has 2 nitrogen and oxygen atoms in total. The molecule has 76 valence electrons. The number of aromatic nitrogens is 1. The van der Waals surface area contributed by atoms with Crippen molar-refractivity contribution in [1.82, 2.24) is 10.3 Å². The molecule has 3 atom stereocenters. The van der Waals surface area contributed by atoms with E-state index in [1.807, 2.05) is 6.20 Å².